The van der Waals surface area contributed by atoms with Crippen molar-refractivity contribution in [2.75, 3.05) is 6.54 Å². The van der Waals surface area contributed by atoms with Crippen molar-refractivity contribution in [1.82, 2.24) is 10.0 Å². The van der Waals surface area contributed by atoms with Gasteiger partial charge in [0.1, 0.15) is 0 Å². The Morgan fingerprint density at radius 1 is 1.67 bits per heavy atom. The normalized spacial score (nSPS) is 19.3. The van der Waals surface area contributed by atoms with Crippen LogP contribution in [-0.4, -0.2) is 21.5 Å². The Kier molecular flexibility index (Phi) is 5.63. The summed E-state index contributed by atoms with van der Waals surface area (Å²) in [5, 5.41) is 3.85. The molecule has 0 fully saturated rings. The van der Waals surface area contributed by atoms with Gasteiger partial charge in [0.2, 0.25) is 0 Å². The summed E-state index contributed by atoms with van der Waals surface area (Å²) < 4.78 is 15.0. The fraction of sp³-hybridized carbons (Fsp3) is 0.538. The molecule has 1 rings (SSSR count). The van der Waals surface area contributed by atoms with Gasteiger partial charge in [-0.2, -0.15) is 0 Å². The topological polar surface area (TPSA) is 41.1 Å². The molecule has 1 aliphatic rings. The first-order chi connectivity index (χ1) is 8.34. The highest BCUT2D eigenvalue weighted by Gasteiger charge is 2.24. The molecule has 0 aliphatic carbocycles. The van der Waals surface area contributed by atoms with E-state index in [1.165, 1.54) is 0 Å². The molecule has 0 amide bonds. The summed E-state index contributed by atoms with van der Waals surface area (Å²) in [5.74, 6) is 0. The van der Waals surface area contributed by atoms with Crippen LogP contribution in [0.3, 0.4) is 0 Å². The molecule has 1 unspecified atom stereocenters. The Morgan fingerprint density at radius 2 is 2.33 bits per heavy atom. The van der Waals surface area contributed by atoms with E-state index in [4.69, 9.17) is 11.6 Å². The first-order valence-corrected chi connectivity index (χ1v) is 7.46. The summed E-state index contributed by atoms with van der Waals surface area (Å²) in [6.45, 7) is 10.2. The van der Waals surface area contributed by atoms with Crippen molar-refractivity contribution < 1.29 is 4.21 Å². The van der Waals surface area contributed by atoms with Crippen LogP contribution in [0.2, 0.25) is 0 Å². The van der Waals surface area contributed by atoms with Crippen LogP contribution in [0.25, 0.3) is 0 Å². The van der Waals surface area contributed by atoms with Gasteiger partial charge in [0.25, 0.3) is 0 Å². The van der Waals surface area contributed by atoms with Crippen molar-refractivity contribution >= 4 is 22.6 Å². The summed E-state index contributed by atoms with van der Waals surface area (Å²) in [5.41, 5.74) is 1.00. The van der Waals surface area contributed by atoms with Crippen molar-refractivity contribution in [3.8, 4) is 0 Å². The van der Waals surface area contributed by atoms with Gasteiger partial charge in [0.15, 0.2) is 0 Å². The van der Waals surface area contributed by atoms with Crippen LogP contribution in [0.4, 0.5) is 0 Å². The average molecular weight is 289 g/mol. The Bertz CT molecular complexity index is 396. The number of dihydropyridines is 1. The average Bonchev–Trinajstić information content (AvgIpc) is 2.27. The molecule has 2 atom stereocenters. The molecular weight excluding hydrogens is 268 g/mol. The summed E-state index contributed by atoms with van der Waals surface area (Å²) in [6, 6.07) is -0.0379. The maximum atomic E-state index is 12.1. The Hall–Kier alpha value is -0.580. The molecule has 2 N–H and O–H groups in total. The summed E-state index contributed by atoms with van der Waals surface area (Å²) in [6.07, 6.45) is 6.34. The van der Waals surface area contributed by atoms with E-state index in [0.29, 0.717) is 13.0 Å². The monoisotopic (exact) mass is 288 g/mol. The van der Waals surface area contributed by atoms with Crippen molar-refractivity contribution in [2.24, 2.45) is 0 Å². The molecule has 5 heteroatoms. The van der Waals surface area contributed by atoms with E-state index in [9.17, 15) is 4.21 Å². The molecule has 1 heterocycles. The zero-order chi connectivity index (χ0) is 13.8. The van der Waals surface area contributed by atoms with Gasteiger partial charge in [-0.15, -0.1) is 6.58 Å². The van der Waals surface area contributed by atoms with Crippen LogP contribution >= 0.6 is 11.6 Å². The lowest BCUT2D eigenvalue weighted by atomic mass is 10.0. The minimum atomic E-state index is -1.12. The minimum absolute atomic E-state index is 0.0379. The van der Waals surface area contributed by atoms with Gasteiger partial charge >= 0.3 is 0 Å². The molecule has 102 valence electrons. The smallest absolute Gasteiger partial charge is 0.0976 e. The predicted octanol–water partition coefficient (Wildman–Crippen LogP) is 2.59. The van der Waals surface area contributed by atoms with Crippen LogP contribution in [-0.2, 0) is 11.0 Å². The SMILES string of the molecule is C=CC[C@H](NS(=O)C(C)(C)C)C1=CNCC(Cl)=C1. The highest BCUT2D eigenvalue weighted by Crippen LogP contribution is 2.18. The fourth-order valence-corrected chi connectivity index (χ4v) is 2.51. The molecule has 0 aromatic rings. The van der Waals surface area contributed by atoms with E-state index >= 15 is 0 Å². The number of halogens is 1. The van der Waals surface area contributed by atoms with E-state index in [0.717, 1.165) is 10.6 Å². The highest BCUT2D eigenvalue weighted by atomic mass is 35.5. The van der Waals surface area contributed by atoms with Gasteiger partial charge in [-0.05, 0) is 38.8 Å². The molecular formula is C13H21ClN2OS. The zero-order valence-electron chi connectivity index (χ0n) is 11.1. The second kappa shape index (κ2) is 6.55. The van der Waals surface area contributed by atoms with Crippen LogP contribution in [0, 0.1) is 0 Å². The zero-order valence-corrected chi connectivity index (χ0v) is 12.7. The van der Waals surface area contributed by atoms with Gasteiger partial charge in [-0.25, -0.2) is 8.93 Å². The van der Waals surface area contributed by atoms with Gasteiger partial charge < -0.3 is 5.32 Å². The van der Waals surface area contributed by atoms with Gasteiger partial charge in [0, 0.05) is 17.3 Å². The maximum absolute atomic E-state index is 12.1. The molecule has 0 aromatic heterocycles. The van der Waals surface area contributed by atoms with Crippen LogP contribution in [0.15, 0.2) is 35.5 Å². The van der Waals surface area contributed by atoms with E-state index < -0.39 is 11.0 Å². The van der Waals surface area contributed by atoms with Gasteiger partial charge in [-0.3, -0.25) is 0 Å². The molecule has 0 saturated carbocycles. The Balaban J connectivity index is 2.81. The third-order valence-corrected chi connectivity index (χ3v) is 4.33. The molecule has 3 nitrogen and oxygen atoms in total. The first-order valence-electron chi connectivity index (χ1n) is 5.93. The van der Waals surface area contributed by atoms with Crippen LogP contribution in [0.5, 0.6) is 0 Å². The van der Waals surface area contributed by atoms with Gasteiger partial charge in [0.05, 0.1) is 22.3 Å². The number of nitrogens with one attached hydrogen (secondary N) is 2. The Morgan fingerprint density at radius 3 is 2.83 bits per heavy atom. The predicted molar refractivity (Wildman–Crippen MR) is 79.7 cm³/mol. The number of rotatable bonds is 5. The number of hydrogen-bond donors (Lipinski definition) is 2. The number of hydrogen-bond acceptors (Lipinski definition) is 2. The molecule has 0 radical (unpaired) electrons. The van der Waals surface area contributed by atoms with E-state index in [1.54, 1.807) is 0 Å². The van der Waals surface area contributed by atoms with Crippen molar-refractivity contribution in [3.05, 3.63) is 35.5 Å². The first kappa shape index (κ1) is 15.5. The lowest BCUT2D eigenvalue weighted by molar-refractivity contribution is 0.616. The van der Waals surface area contributed by atoms with Crippen LogP contribution in [0.1, 0.15) is 27.2 Å². The van der Waals surface area contributed by atoms with Crippen molar-refractivity contribution in [3.63, 3.8) is 0 Å². The summed E-state index contributed by atoms with van der Waals surface area (Å²) >= 11 is 6.01. The van der Waals surface area contributed by atoms with Gasteiger partial charge in [-0.1, -0.05) is 17.7 Å². The van der Waals surface area contributed by atoms with Crippen molar-refractivity contribution in [2.45, 2.75) is 38.0 Å². The summed E-state index contributed by atoms with van der Waals surface area (Å²) in [4.78, 5) is 0. The Labute approximate surface area is 117 Å². The quantitative estimate of drug-likeness (QED) is 0.764. The molecule has 0 spiro atoms. The third-order valence-electron chi connectivity index (χ3n) is 2.47. The lowest BCUT2D eigenvalue weighted by Crippen LogP contribution is -2.41. The third kappa shape index (κ3) is 4.59. The lowest BCUT2D eigenvalue weighted by Gasteiger charge is -2.25. The molecule has 1 aliphatic heterocycles. The van der Waals surface area contributed by atoms with E-state index in [1.807, 2.05) is 39.1 Å². The van der Waals surface area contributed by atoms with Crippen LogP contribution < -0.4 is 10.0 Å². The molecule has 0 saturated heterocycles. The van der Waals surface area contributed by atoms with E-state index in [-0.39, 0.29) is 10.8 Å². The van der Waals surface area contributed by atoms with Crippen molar-refractivity contribution in [1.29, 1.82) is 0 Å². The standard InChI is InChI=1S/C13H21ClN2OS/c1-5-6-12(16-18(17)13(2,3)4)10-7-11(14)9-15-8-10/h5,7-8,12,15-16H,1,6,9H2,2-4H3/t12-,18?/m0/s1. The summed E-state index contributed by atoms with van der Waals surface area (Å²) in [7, 11) is -1.12. The fourth-order valence-electron chi connectivity index (χ4n) is 1.47. The molecule has 0 bridgehead atoms. The van der Waals surface area contributed by atoms with E-state index in [2.05, 4.69) is 16.6 Å². The largest absolute Gasteiger partial charge is 0.386 e. The second-order valence-corrected chi connectivity index (χ2v) is 7.68. The minimum Gasteiger partial charge on any atom is -0.386 e. The second-order valence-electron chi connectivity index (χ2n) is 5.19. The maximum Gasteiger partial charge on any atom is 0.0976 e. The highest BCUT2D eigenvalue weighted by molar-refractivity contribution is 7.84. The molecule has 0 aromatic carbocycles. The molecule has 18 heavy (non-hydrogen) atoms.